The molecule has 82 valence electrons. The summed E-state index contributed by atoms with van der Waals surface area (Å²) in [5.41, 5.74) is 5.83. The number of aromatic nitrogens is 1. The molecule has 1 saturated carbocycles. The second-order valence-electron chi connectivity index (χ2n) is 4.71. The number of likely N-dealkylation sites (tertiary alicyclic amines) is 1. The fourth-order valence-corrected chi connectivity index (χ4v) is 3.17. The molecule has 0 amide bonds. The van der Waals surface area contributed by atoms with Crippen LogP contribution in [0.1, 0.15) is 17.7 Å². The van der Waals surface area contributed by atoms with Crippen LogP contribution in [0.2, 0.25) is 0 Å². The first-order chi connectivity index (χ1) is 7.18. The SMILES string of the molecule is Nc1ncc(CN2CC(O)C3(CC3)C2)s1. The maximum Gasteiger partial charge on any atom is 0.180 e. The molecule has 3 rings (SSSR count). The Morgan fingerprint density at radius 1 is 1.67 bits per heavy atom. The van der Waals surface area contributed by atoms with E-state index in [1.807, 2.05) is 6.20 Å². The Balaban J connectivity index is 1.66. The first-order valence-electron chi connectivity index (χ1n) is 5.29. The van der Waals surface area contributed by atoms with E-state index in [-0.39, 0.29) is 11.5 Å². The van der Waals surface area contributed by atoms with Gasteiger partial charge in [-0.3, -0.25) is 4.90 Å². The minimum atomic E-state index is -0.122. The summed E-state index contributed by atoms with van der Waals surface area (Å²) in [6, 6.07) is 0. The van der Waals surface area contributed by atoms with Gasteiger partial charge in [0.2, 0.25) is 0 Å². The summed E-state index contributed by atoms with van der Waals surface area (Å²) in [5.74, 6) is 0. The van der Waals surface area contributed by atoms with Crippen LogP contribution in [0.25, 0.3) is 0 Å². The Kier molecular flexibility index (Phi) is 2.02. The van der Waals surface area contributed by atoms with Crippen molar-refractivity contribution >= 4 is 16.5 Å². The molecule has 1 aliphatic carbocycles. The number of anilines is 1. The van der Waals surface area contributed by atoms with E-state index >= 15 is 0 Å². The van der Waals surface area contributed by atoms with Crippen molar-refractivity contribution in [3.8, 4) is 0 Å². The summed E-state index contributed by atoms with van der Waals surface area (Å²) >= 11 is 1.54. The van der Waals surface area contributed by atoms with Crippen molar-refractivity contribution in [3.63, 3.8) is 0 Å². The average Bonchev–Trinajstić information content (AvgIpc) is 2.74. The molecule has 4 nitrogen and oxygen atoms in total. The average molecular weight is 225 g/mol. The molecule has 0 bridgehead atoms. The molecule has 2 aliphatic rings. The first kappa shape index (κ1) is 9.57. The van der Waals surface area contributed by atoms with Crippen LogP contribution in [0.4, 0.5) is 5.13 Å². The minimum Gasteiger partial charge on any atom is -0.391 e. The molecule has 0 aromatic carbocycles. The van der Waals surface area contributed by atoms with Crippen molar-refractivity contribution in [3.05, 3.63) is 11.1 Å². The third kappa shape index (κ3) is 1.64. The fraction of sp³-hybridized carbons (Fsp3) is 0.700. The zero-order valence-electron chi connectivity index (χ0n) is 8.52. The van der Waals surface area contributed by atoms with Crippen LogP contribution in [0.3, 0.4) is 0 Å². The van der Waals surface area contributed by atoms with Gasteiger partial charge in [-0.15, -0.1) is 11.3 Å². The summed E-state index contributed by atoms with van der Waals surface area (Å²) < 4.78 is 0. The van der Waals surface area contributed by atoms with Crippen LogP contribution in [0.15, 0.2) is 6.20 Å². The summed E-state index contributed by atoms with van der Waals surface area (Å²) in [6.07, 6.45) is 4.10. The molecular formula is C10H15N3OS. The van der Waals surface area contributed by atoms with Gasteiger partial charge in [0.15, 0.2) is 5.13 Å². The molecule has 1 unspecified atom stereocenters. The van der Waals surface area contributed by atoms with Crippen LogP contribution in [0, 0.1) is 5.41 Å². The van der Waals surface area contributed by atoms with Crippen molar-refractivity contribution in [2.24, 2.45) is 5.41 Å². The molecule has 3 N–H and O–H groups in total. The smallest absolute Gasteiger partial charge is 0.180 e. The molecule has 1 spiro atoms. The van der Waals surface area contributed by atoms with Crippen LogP contribution in [-0.4, -0.2) is 34.2 Å². The predicted octanol–water partition coefficient (Wildman–Crippen LogP) is 0.682. The van der Waals surface area contributed by atoms with Crippen molar-refractivity contribution in [1.82, 2.24) is 9.88 Å². The lowest BCUT2D eigenvalue weighted by Gasteiger charge is -2.12. The Hall–Kier alpha value is -0.650. The number of nitrogens with zero attached hydrogens (tertiary/aromatic N) is 2. The lowest BCUT2D eigenvalue weighted by atomic mass is 10.0. The third-order valence-electron chi connectivity index (χ3n) is 3.52. The number of aliphatic hydroxyl groups is 1. The molecule has 1 saturated heterocycles. The summed E-state index contributed by atoms with van der Waals surface area (Å²) in [6.45, 7) is 2.72. The van der Waals surface area contributed by atoms with Crippen molar-refractivity contribution < 1.29 is 5.11 Å². The summed E-state index contributed by atoms with van der Waals surface area (Å²) in [4.78, 5) is 7.54. The van der Waals surface area contributed by atoms with E-state index in [0.717, 1.165) is 19.6 Å². The van der Waals surface area contributed by atoms with Gasteiger partial charge in [-0.2, -0.15) is 0 Å². The zero-order chi connectivity index (χ0) is 10.5. The Bertz CT molecular complexity index is 374. The van der Waals surface area contributed by atoms with E-state index in [1.54, 1.807) is 0 Å². The van der Waals surface area contributed by atoms with Gasteiger partial charge in [0.1, 0.15) is 0 Å². The van der Waals surface area contributed by atoms with Crippen LogP contribution < -0.4 is 5.73 Å². The van der Waals surface area contributed by atoms with Gasteiger partial charge in [-0.1, -0.05) is 0 Å². The van der Waals surface area contributed by atoms with Gasteiger partial charge in [0.25, 0.3) is 0 Å². The van der Waals surface area contributed by atoms with Gasteiger partial charge in [-0.05, 0) is 12.8 Å². The highest BCUT2D eigenvalue weighted by molar-refractivity contribution is 7.15. The fourth-order valence-electron chi connectivity index (χ4n) is 2.44. The highest BCUT2D eigenvalue weighted by Crippen LogP contribution is 2.52. The number of hydrogen-bond donors (Lipinski definition) is 2. The first-order valence-corrected chi connectivity index (χ1v) is 6.10. The number of β-amino-alcohol motifs (C(OH)–C–C–N with tert-alkyl or cyclic N) is 1. The Morgan fingerprint density at radius 3 is 3.00 bits per heavy atom. The molecule has 1 aromatic heterocycles. The van der Waals surface area contributed by atoms with Gasteiger partial charge >= 0.3 is 0 Å². The number of aliphatic hydroxyl groups excluding tert-OH is 1. The van der Waals surface area contributed by atoms with Crippen LogP contribution in [-0.2, 0) is 6.54 Å². The Labute approximate surface area is 92.7 Å². The highest BCUT2D eigenvalue weighted by Gasteiger charge is 2.54. The van der Waals surface area contributed by atoms with Gasteiger partial charge in [0.05, 0.1) is 6.10 Å². The van der Waals surface area contributed by atoms with E-state index in [2.05, 4.69) is 9.88 Å². The second-order valence-corrected chi connectivity index (χ2v) is 5.86. The number of hydrogen-bond acceptors (Lipinski definition) is 5. The molecule has 1 aromatic rings. The van der Waals surface area contributed by atoms with Gasteiger partial charge in [-0.25, -0.2) is 4.98 Å². The molecule has 0 radical (unpaired) electrons. The largest absolute Gasteiger partial charge is 0.391 e. The topological polar surface area (TPSA) is 62.4 Å². The minimum absolute atomic E-state index is 0.122. The van der Waals surface area contributed by atoms with E-state index in [9.17, 15) is 5.11 Å². The third-order valence-corrected chi connectivity index (χ3v) is 4.33. The van der Waals surface area contributed by atoms with Crippen LogP contribution >= 0.6 is 11.3 Å². The lowest BCUT2D eigenvalue weighted by molar-refractivity contribution is 0.131. The normalized spacial score (nSPS) is 28.7. The number of rotatable bonds is 2. The van der Waals surface area contributed by atoms with Crippen LogP contribution in [0.5, 0.6) is 0 Å². The van der Waals surface area contributed by atoms with Crippen molar-refractivity contribution in [2.45, 2.75) is 25.5 Å². The number of nitrogen functional groups attached to an aromatic ring is 1. The molecule has 1 atom stereocenters. The summed E-state index contributed by atoms with van der Waals surface area (Å²) in [5, 5.41) is 10.5. The lowest BCUT2D eigenvalue weighted by Crippen LogP contribution is -2.20. The zero-order valence-corrected chi connectivity index (χ0v) is 9.33. The molecule has 2 heterocycles. The van der Waals surface area contributed by atoms with E-state index in [1.165, 1.54) is 29.1 Å². The highest BCUT2D eigenvalue weighted by atomic mass is 32.1. The number of nitrogens with two attached hydrogens (primary N) is 1. The maximum absolute atomic E-state index is 9.89. The van der Waals surface area contributed by atoms with E-state index in [4.69, 9.17) is 5.73 Å². The van der Waals surface area contributed by atoms with Gasteiger partial charge in [0, 0.05) is 36.1 Å². The van der Waals surface area contributed by atoms with Crippen molar-refractivity contribution in [1.29, 1.82) is 0 Å². The quantitative estimate of drug-likeness (QED) is 0.777. The van der Waals surface area contributed by atoms with Gasteiger partial charge < -0.3 is 10.8 Å². The standard InChI is InChI=1S/C10H15N3OS/c11-9-12-3-7(15-9)4-13-5-8(14)10(6-13)1-2-10/h3,8,14H,1-2,4-6H2,(H2,11,12). The molecule has 5 heteroatoms. The molecule has 2 fully saturated rings. The van der Waals surface area contributed by atoms with E-state index < -0.39 is 0 Å². The maximum atomic E-state index is 9.89. The summed E-state index contributed by atoms with van der Waals surface area (Å²) in [7, 11) is 0. The monoisotopic (exact) mass is 225 g/mol. The molecule has 15 heavy (non-hydrogen) atoms. The molecular weight excluding hydrogens is 210 g/mol. The van der Waals surface area contributed by atoms with E-state index in [0.29, 0.717) is 5.13 Å². The number of thiazole rings is 1. The second kappa shape index (κ2) is 3.17. The predicted molar refractivity (Wildman–Crippen MR) is 59.5 cm³/mol. The van der Waals surface area contributed by atoms with Crippen molar-refractivity contribution in [2.75, 3.05) is 18.8 Å². The molecule has 1 aliphatic heterocycles. The Morgan fingerprint density at radius 2 is 2.47 bits per heavy atom.